The van der Waals surface area contributed by atoms with E-state index in [2.05, 4.69) is 4.98 Å². The molecule has 1 amide bonds. The van der Waals surface area contributed by atoms with Gasteiger partial charge in [0.2, 0.25) is 0 Å². The van der Waals surface area contributed by atoms with E-state index in [4.69, 9.17) is 4.74 Å². The predicted octanol–water partition coefficient (Wildman–Crippen LogP) is 3.37. The number of esters is 1. The lowest BCUT2D eigenvalue weighted by Crippen LogP contribution is -2.42. The van der Waals surface area contributed by atoms with Gasteiger partial charge in [-0.05, 0) is 49.9 Å². The summed E-state index contributed by atoms with van der Waals surface area (Å²) < 4.78 is 20.0. The molecular weight excluding hydrogens is 433 g/mol. The van der Waals surface area contributed by atoms with Crippen LogP contribution in [-0.2, 0) is 16.1 Å². The van der Waals surface area contributed by atoms with Crippen LogP contribution in [0.2, 0.25) is 0 Å². The van der Waals surface area contributed by atoms with E-state index in [9.17, 15) is 18.8 Å². The van der Waals surface area contributed by atoms with Crippen molar-refractivity contribution in [1.82, 2.24) is 14.5 Å². The van der Waals surface area contributed by atoms with Crippen molar-refractivity contribution in [2.75, 3.05) is 19.7 Å². The molecule has 0 spiro atoms. The van der Waals surface area contributed by atoms with E-state index in [1.165, 1.54) is 34.4 Å². The maximum absolute atomic E-state index is 13.5. The van der Waals surface area contributed by atoms with Crippen molar-refractivity contribution >= 4 is 33.4 Å². The first kappa shape index (κ1) is 22.1. The molecule has 0 saturated carbocycles. The Morgan fingerprint density at radius 2 is 2.16 bits per heavy atom. The van der Waals surface area contributed by atoms with E-state index in [0.717, 1.165) is 6.42 Å². The first-order chi connectivity index (χ1) is 15.4. The van der Waals surface area contributed by atoms with Gasteiger partial charge in [0, 0.05) is 13.1 Å². The van der Waals surface area contributed by atoms with Gasteiger partial charge in [0.25, 0.3) is 11.5 Å². The first-order valence-corrected chi connectivity index (χ1v) is 11.4. The molecule has 168 valence electrons. The van der Waals surface area contributed by atoms with Crippen molar-refractivity contribution in [3.8, 4) is 0 Å². The summed E-state index contributed by atoms with van der Waals surface area (Å²) in [7, 11) is 0. The summed E-state index contributed by atoms with van der Waals surface area (Å²) in [4.78, 5) is 45.5. The van der Waals surface area contributed by atoms with Gasteiger partial charge in [0.05, 0.1) is 35.7 Å². The number of hydrogen-bond acceptors (Lipinski definition) is 6. The van der Waals surface area contributed by atoms with Crippen molar-refractivity contribution in [2.45, 2.75) is 33.2 Å². The van der Waals surface area contributed by atoms with Gasteiger partial charge in [-0.3, -0.25) is 19.0 Å². The maximum Gasteiger partial charge on any atom is 0.310 e. The molecule has 1 fully saturated rings. The third kappa shape index (κ3) is 4.29. The largest absolute Gasteiger partial charge is 0.466 e. The minimum absolute atomic E-state index is 0.186. The summed E-state index contributed by atoms with van der Waals surface area (Å²) in [5.74, 6) is -1.17. The van der Waals surface area contributed by atoms with Gasteiger partial charge in [0.15, 0.2) is 0 Å². The lowest BCUT2D eigenvalue weighted by atomic mass is 9.98. The summed E-state index contributed by atoms with van der Waals surface area (Å²) >= 11 is 1.19. The van der Waals surface area contributed by atoms with Crippen LogP contribution in [0.15, 0.2) is 35.4 Å². The van der Waals surface area contributed by atoms with Gasteiger partial charge in [-0.15, -0.1) is 11.3 Å². The number of piperidine rings is 1. The molecule has 1 aliphatic heterocycles. The van der Waals surface area contributed by atoms with E-state index in [1.54, 1.807) is 30.9 Å². The highest BCUT2D eigenvalue weighted by atomic mass is 32.1. The number of likely N-dealkylation sites (tertiary alicyclic amines) is 1. The zero-order chi connectivity index (χ0) is 22.8. The van der Waals surface area contributed by atoms with Crippen LogP contribution < -0.4 is 5.56 Å². The monoisotopic (exact) mass is 457 g/mol. The molecular formula is C23H24FN3O4S. The van der Waals surface area contributed by atoms with E-state index in [-0.39, 0.29) is 35.7 Å². The zero-order valence-electron chi connectivity index (χ0n) is 18.0. The molecule has 9 heteroatoms. The topological polar surface area (TPSA) is 81.5 Å². The highest BCUT2D eigenvalue weighted by molar-refractivity contribution is 7.20. The maximum atomic E-state index is 13.5. The van der Waals surface area contributed by atoms with Crippen LogP contribution in [0.4, 0.5) is 4.39 Å². The number of aryl methyl sites for hydroxylation is 1. The van der Waals surface area contributed by atoms with Crippen molar-refractivity contribution in [1.29, 1.82) is 0 Å². The lowest BCUT2D eigenvalue weighted by Gasteiger charge is -2.31. The molecule has 1 aromatic carbocycles. The highest BCUT2D eigenvalue weighted by Gasteiger charge is 2.31. The second-order valence-electron chi connectivity index (χ2n) is 7.89. The number of hydrogen-bond donors (Lipinski definition) is 0. The Bertz CT molecular complexity index is 1240. The molecule has 1 saturated heterocycles. The Morgan fingerprint density at radius 1 is 1.34 bits per heavy atom. The van der Waals surface area contributed by atoms with Crippen molar-refractivity contribution < 1.29 is 18.7 Å². The van der Waals surface area contributed by atoms with Crippen LogP contribution in [0, 0.1) is 18.7 Å². The van der Waals surface area contributed by atoms with E-state index in [0.29, 0.717) is 52.3 Å². The number of halogens is 1. The summed E-state index contributed by atoms with van der Waals surface area (Å²) in [6.45, 7) is 4.87. The minimum atomic E-state index is -0.369. The molecule has 3 aromatic rings. The fourth-order valence-corrected chi connectivity index (χ4v) is 5.17. The summed E-state index contributed by atoms with van der Waals surface area (Å²) in [5, 5.41) is 0.399. The van der Waals surface area contributed by atoms with Gasteiger partial charge in [-0.2, -0.15) is 0 Å². The van der Waals surface area contributed by atoms with Crippen LogP contribution in [0.1, 0.15) is 40.6 Å². The molecule has 0 N–H and O–H groups in total. The number of ether oxygens (including phenoxy) is 1. The molecule has 0 aliphatic carbocycles. The van der Waals surface area contributed by atoms with E-state index >= 15 is 0 Å². The van der Waals surface area contributed by atoms with Crippen molar-refractivity contribution in [3.63, 3.8) is 0 Å². The Labute approximate surface area is 188 Å². The number of rotatable bonds is 5. The molecule has 0 bridgehead atoms. The Morgan fingerprint density at radius 3 is 2.91 bits per heavy atom. The molecule has 3 heterocycles. The standard InChI is InChI=1S/C23H24FN3O4S/c1-3-31-23(30)16-7-5-9-26(12-16)22(29)19-14(2)18-20(32-19)25-13-27(21(18)28)11-15-6-4-8-17(24)10-15/h4,6,8,10,13,16H,3,5,7,9,11-12H2,1-2H3. The zero-order valence-corrected chi connectivity index (χ0v) is 18.8. The molecule has 2 aromatic heterocycles. The molecule has 32 heavy (non-hydrogen) atoms. The molecule has 7 nitrogen and oxygen atoms in total. The fourth-order valence-electron chi connectivity index (χ4n) is 4.07. The Hall–Kier alpha value is -3.07. The van der Waals surface area contributed by atoms with E-state index < -0.39 is 0 Å². The van der Waals surface area contributed by atoms with Crippen LogP contribution in [0.5, 0.6) is 0 Å². The van der Waals surface area contributed by atoms with Crippen LogP contribution in [0.25, 0.3) is 10.2 Å². The Kier molecular flexibility index (Phi) is 6.36. The molecule has 1 unspecified atom stereocenters. The predicted molar refractivity (Wildman–Crippen MR) is 119 cm³/mol. The summed E-state index contributed by atoms with van der Waals surface area (Å²) in [6.07, 6.45) is 2.84. The molecule has 4 rings (SSSR count). The van der Waals surface area contributed by atoms with Crippen LogP contribution in [-0.4, -0.2) is 46.0 Å². The van der Waals surface area contributed by atoms with E-state index in [1.807, 2.05) is 0 Å². The summed E-state index contributed by atoms with van der Waals surface area (Å²) in [5.41, 5.74) is 0.963. The van der Waals surface area contributed by atoms with Gasteiger partial charge < -0.3 is 9.64 Å². The van der Waals surface area contributed by atoms with Crippen LogP contribution >= 0.6 is 11.3 Å². The van der Waals surface area contributed by atoms with Crippen molar-refractivity contribution in [2.24, 2.45) is 5.92 Å². The van der Waals surface area contributed by atoms with Gasteiger partial charge >= 0.3 is 5.97 Å². The number of benzene rings is 1. The number of aromatic nitrogens is 2. The SMILES string of the molecule is CCOC(=O)C1CCCN(C(=O)c2sc3ncn(Cc4cccc(F)c4)c(=O)c3c2C)C1. The van der Waals surface area contributed by atoms with Gasteiger partial charge in [0.1, 0.15) is 10.6 Å². The Balaban J connectivity index is 1.62. The van der Waals surface area contributed by atoms with Crippen molar-refractivity contribution in [3.05, 3.63) is 62.8 Å². The number of nitrogens with zero attached hydrogens (tertiary/aromatic N) is 3. The number of thiophene rings is 1. The molecule has 1 aliphatic rings. The average molecular weight is 458 g/mol. The average Bonchev–Trinajstić information content (AvgIpc) is 3.12. The fraction of sp³-hybridized carbons (Fsp3) is 0.391. The summed E-state index contributed by atoms with van der Waals surface area (Å²) in [6, 6.07) is 6.06. The molecule has 1 atom stereocenters. The molecule has 0 radical (unpaired) electrons. The number of fused-ring (bicyclic) bond motifs is 1. The minimum Gasteiger partial charge on any atom is -0.466 e. The third-order valence-electron chi connectivity index (χ3n) is 5.68. The second-order valence-corrected chi connectivity index (χ2v) is 8.89. The second kappa shape index (κ2) is 9.20. The smallest absolute Gasteiger partial charge is 0.310 e. The highest BCUT2D eigenvalue weighted by Crippen LogP contribution is 2.30. The third-order valence-corrected chi connectivity index (χ3v) is 6.87. The lowest BCUT2D eigenvalue weighted by molar-refractivity contribution is -0.149. The quantitative estimate of drug-likeness (QED) is 0.549. The number of carbonyl (C=O) groups excluding carboxylic acids is 2. The number of carbonyl (C=O) groups is 2. The number of amides is 1. The van der Waals surface area contributed by atoms with Crippen LogP contribution in [0.3, 0.4) is 0 Å². The van der Waals surface area contributed by atoms with Gasteiger partial charge in [-0.1, -0.05) is 12.1 Å². The normalized spacial score (nSPS) is 16.3. The first-order valence-electron chi connectivity index (χ1n) is 10.6. The van der Waals surface area contributed by atoms with Gasteiger partial charge in [-0.25, -0.2) is 9.37 Å².